The Kier molecular flexibility index (Phi) is 4.21. The molecule has 1 N–H and O–H groups in total. The number of nitrogens with one attached hydrogen (secondary N) is 1. The summed E-state index contributed by atoms with van der Waals surface area (Å²) in [6.07, 6.45) is -2.55. The molecule has 0 bridgehead atoms. The highest BCUT2D eigenvalue weighted by Crippen LogP contribution is 2.34. The van der Waals surface area contributed by atoms with Gasteiger partial charge in [0.2, 0.25) is 0 Å². The molecule has 0 amide bonds. The fourth-order valence-electron chi connectivity index (χ4n) is 2.28. The Morgan fingerprint density at radius 3 is 2.65 bits per heavy atom. The standard InChI is InChI=1S/C14H17ClF3NO/c1-13(2)6-5-10(20-13)8-19-12-7-9(14(16,17)18)3-4-11(12)15/h3-4,7,10,19H,5-6,8H2,1-2H3. The Morgan fingerprint density at radius 2 is 2.10 bits per heavy atom. The van der Waals surface area contributed by atoms with Crippen LogP contribution in [0, 0.1) is 0 Å². The van der Waals surface area contributed by atoms with Gasteiger partial charge in [-0.25, -0.2) is 0 Å². The number of hydrogen-bond acceptors (Lipinski definition) is 2. The van der Waals surface area contributed by atoms with Crippen molar-refractivity contribution in [2.45, 2.75) is 44.6 Å². The van der Waals surface area contributed by atoms with Gasteiger partial charge in [0.05, 0.1) is 28.0 Å². The Labute approximate surface area is 121 Å². The second-order valence-electron chi connectivity index (χ2n) is 5.61. The molecule has 6 heteroatoms. The maximum atomic E-state index is 12.6. The number of anilines is 1. The predicted octanol–water partition coefficient (Wildman–Crippen LogP) is 4.73. The first-order valence-electron chi connectivity index (χ1n) is 6.46. The minimum absolute atomic E-state index is 0.00407. The first-order valence-corrected chi connectivity index (χ1v) is 6.84. The molecule has 1 heterocycles. The van der Waals surface area contributed by atoms with Gasteiger partial charge >= 0.3 is 6.18 Å². The van der Waals surface area contributed by atoms with Crippen molar-refractivity contribution in [3.8, 4) is 0 Å². The molecule has 1 atom stereocenters. The van der Waals surface area contributed by atoms with Gasteiger partial charge in [-0.2, -0.15) is 13.2 Å². The van der Waals surface area contributed by atoms with Gasteiger partial charge in [0.25, 0.3) is 0 Å². The molecule has 1 aromatic carbocycles. The molecule has 0 saturated carbocycles. The summed E-state index contributed by atoms with van der Waals surface area (Å²) < 4.78 is 43.7. The Hall–Kier alpha value is -0.940. The van der Waals surface area contributed by atoms with E-state index in [4.69, 9.17) is 16.3 Å². The third-order valence-corrected chi connectivity index (χ3v) is 3.70. The van der Waals surface area contributed by atoms with Crippen molar-refractivity contribution >= 4 is 17.3 Å². The summed E-state index contributed by atoms with van der Waals surface area (Å²) in [5.41, 5.74) is -0.587. The zero-order chi connectivity index (χ0) is 15.0. The van der Waals surface area contributed by atoms with Crippen molar-refractivity contribution in [3.63, 3.8) is 0 Å². The molecule has 0 spiro atoms. The molecule has 1 aromatic rings. The van der Waals surface area contributed by atoms with E-state index in [0.717, 1.165) is 25.0 Å². The number of halogens is 4. The number of benzene rings is 1. The van der Waals surface area contributed by atoms with E-state index in [1.165, 1.54) is 6.07 Å². The molecule has 1 unspecified atom stereocenters. The highest BCUT2D eigenvalue weighted by molar-refractivity contribution is 6.33. The third kappa shape index (κ3) is 3.79. The van der Waals surface area contributed by atoms with Crippen LogP contribution in [0.3, 0.4) is 0 Å². The van der Waals surface area contributed by atoms with Crippen LogP contribution in [0.2, 0.25) is 5.02 Å². The number of hydrogen-bond donors (Lipinski definition) is 1. The van der Waals surface area contributed by atoms with E-state index in [1.807, 2.05) is 13.8 Å². The summed E-state index contributed by atoms with van der Waals surface area (Å²) in [7, 11) is 0. The van der Waals surface area contributed by atoms with Crippen molar-refractivity contribution < 1.29 is 17.9 Å². The lowest BCUT2D eigenvalue weighted by Gasteiger charge is -2.20. The summed E-state index contributed by atoms with van der Waals surface area (Å²) in [5, 5.41) is 3.22. The van der Waals surface area contributed by atoms with Crippen LogP contribution < -0.4 is 5.32 Å². The van der Waals surface area contributed by atoms with E-state index in [-0.39, 0.29) is 22.4 Å². The molecule has 1 fully saturated rings. The quantitative estimate of drug-likeness (QED) is 0.871. The molecular formula is C14H17ClF3NO. The van der Waals surface area contributed by atoms with Crippen molar-refractivity contribution in [3.05, 3.63) is 28.8 Å². The van der Waals surface area contributed by atoms with Crippen LogP contribution >= 0.6 is 11.6 Å². The Morgan fingerprint density at radius 1 is 1.40 bits per heavy atom. The predicted molar refractivity (Wildman–Crippen MR) is 73.1 cm³/mol. The van der Waals surface area contributed by atoms with Gasteiger partial charge in [-0.15, -0.1) is 0 Å². The molecule has 1 aliphatic heterocycles. The first-order chi connectivity index (χ1) is 9.17. The van der Waals surface area contributed by atoms with Gasteiger partial charge in [0.1, 0.15) is 0 Å². The van der Waals surface area contributed by atoms with Crippen LogP contribution in [0.5, 0.6) is 0 Å². The zero-order valence-corrected chi connectivity index (χ0v) is 12.1. The molecular weight excluding hydrogens is 291 g/mol. The Balaban J connectivity index is 2.03. The smallest absolute Gasteiger partial charge is 0.381 e. The summed E-state index contributed by atoms with van der Waals surface area (Å²) >= 11 is 5.92. The molecule has 0 aliphatic carbocycles. The van der Waals surface area contributed by atoms with Gasteiger partial charge in [0.15, 0.2) is 0 Å². The lowest BCUT2D eigenvalue weighted by Crippen LogP contribution is -2.25. The van der Waals surface area contributed by atoms with Crippen molar-refractivity contribution in [2.75, 3.05) is 11.9 Å². The highest BCUT2D eigenvalue weighted by Gasteiger charge is 2.32. The van der Waals surface area contributed by atoms with Crippen molar-refractivity contribution in [1.82, 2.24) is 0 Å². The molecule has 20 heavy (non-hydrogen) atoms. The van der Waals surface area contributed by atoms with Crippen LogP contribution in [0.1, 0.15) is 32.3 Å². The molecule has 2 nitrogen and oxygen atoms in total. The van der Waals surface area contributed by atoms with E-state index >= 15 is 0 Å². The van der Waals surface area contributed by atoms with Crippen molar-refractivity contribution in [1.29, 1.82) is 0 Å². The fraction of sp³-hybridized carbons (Fsp3) is 0.571. The van der Waals surface area contributed by atoms with Gasteiger partial charge in [-0.05, 0) is 44.9 Å². The molecule has 0 aromatic heterocycles. The Bertz CT molecular complexity index is 488. The van der Waals surface area contributed by atoms with E-state index in [9.17, 15) is 13.2 Å². The summed E-state index contributed by atoms with van der Waals surface area (Å²) in [6.45, 7) is 4.46. The summed E-state index contributed by atoms with van der Waals surface area (Å²) in [6, 6.07) is 3.26. The van der Waals surface area contributed by atoms with E-state index < -0.39 is 11.7 Å². The van der Waals surface area contributed by atoms with Crippen LogP contribution in [0.4, 0.5) is 18.9 Å². The molecule has 1 aliphatic rings. The normalized spacial score (nSPS) is 22.0. The summed E-state index contributed by atoms with van der Waals surface area (Å²) in [4.78, 5) is 0. The van der Waals surface area contributed by atoms with Crippen LogP contribution in [-0.4, -0.2) is 18.2 Å². The van der Waals surface area contributed by atoms with E-state index in [0.29, 0.717) is 6.54 Å². The van der Waals surface area contributed by atoms with Gasteiger partial charge < -0.3 is 10.1 Å². The maximum absolute atomic E-state index is 12.6. The molecule has 2 rings (SSSR count). The number of ether oxygens (including phenoxy) is 1. The van der Waals surface area contributed by atoms with Crippen LogP contribution in [0.15, 0.2) is 18.2 Å². The topological polar surface area (TPSA) is 21.3 Å². The lowest BCUT2D eigenvalue weighted by atomic mass is 10.1. The average molecular weight is 308 g/mol. The lowest BCUT2D eigenvalue weighted by molar-refractivity contribution is -0.137. The second kappa shape index (κ2) is 5.45. The third-order valence-electron chi connectivity index (χ3n) is 3.37. The van der Waals surface area contributed by atoms with Crippen LogP contribution in [-0.2, 0) is 10.9 Å². The highest BCUT2D eigenvalue weighted by atomic mass is 35.5. The van der Waals surface area contributed by atoms with Crippen molar-refractivity contribution in [2.24, 2.45) is 0 Å². The minimum atomic E-state index is -4.37. The van der Waals surface area contributed by atoms with Crippen LogP contribution in [0.25, 0.3) is 0 Å². The first kappa shape index (κ1) is 15.4. The van der Waals surface area contributed by atoms with Gasteiger partial charge in [-0.1, -0.05) is 11.6 Å². The number of alkyl halides is 3. The zero-order valence-electron chi connectivity index (χ0n) is 11.4. The summed E-state index contributed by atoms with van der Waals surface area (Å²) in [5.74, 6) is 0. The second-order valence-corrected chi connectivity index (χ2v) is 6.02. The van der Waals surface area contributed by atoms with E-state index in [2.05, 4.69) is 5.32 Å². The largest absolute Gasteiger partial charge is 0.416 e. The SMILES string of the molecule is CC1(C)CCC(CNc2cc(C(F)(F)F)ccc2Cl)O1. The van der Waals surface area contributed by atoms with Gasteiger partial charge in [-0.3, -0.25) is 0 Å². The average Bonchev–Trinajstić information content (AvgIpc) is 2.66. The molecule has 112 valence electrons. The van der Waals surface area contributed by atoms with Gasteiger partial charge in [0, 0.05) is 6.54 Å². The molecule has 1 saturated heterocycles. The number of rotatable bonds is 3. The monoisotopic (exact) mass is 307 g/mol. The maximum Gasteiger partial charge on any atom is 0.416 e. The molecule has 0 radical (unpaired) electrons. The van der Waals surface area contributed by atoms with E-state index in [1.54, 1.807) is 0 Å². The fourth-order valence-corrected chi connectivity index (χ4v) is 2.47. The minimum Gasteiger partial charge on any atom is -0.381 e.